The van der Waals surface area contributed by atoms with Crippen molar-refractivity contribution in [1.29, 1.82) is 0 Å². The predicted octanol–water partition coefficient (Wildman–Crippen LogP) is 1.09. The van der Waals surface area contributed by atoms with Crippen LogP contribution < -0.4 is 10.6 Å². The van der Waals surface area contributed by atoms with Crippen LogP contribution in [0.1, 0.15) is 32.6 Å². The second-order valence-electron chi connectivity index (χ2n) is 4.97. The summed E-state index contributed by atoms with van der Waals surface area (Å²) in [6, 6.07) is 0.0530. The van der Waals surface area contributed by atoms with Crippen molar-refractivity contribution in [3.8, 4) is 0 Å². The average molecular weight is 263 g/mol. The molecule has 3 unspecified atom stereocenters. The molecule has 2 aliphatic rings. The van der Waals surface area contributed by atoms with E-state index in [2.05, 4.69) is 17.6 Å². The number of amides is 1. The lowest BCUT2D eigenvalue weighted by atomic mass is 9.96. The van der Waals surface area contributed by atoms with Gasteiger partial charge in [-0.1, -0.05) is 0 Å². The van der Waals surface area contributed by atoms with Gasteiger partial charge >= 0.3 is 0 Å². The summed E-state index contributed by atoms with van der Waals surface area (Å²) < 4.78 is 5.49. The number of carbonyl (C=O) groups excluding carboxylic acids is 1. The van der Waals surface area contributed by atoms with E-state index in [1.54, 1.807) is 0 Å². The molecule has 3 atom stereocenters. The maximum absolute atomic E-state index is 11.8. The molecule has 2 heterocycles. The van der Waals surface area contributed by atoms with Crippen LogP contribution in [0.4, 0.5) is 0 Å². The summed E-state index contributed by atoms with van der Waals surface area (Å²) in [7, 11) is 0. The molecule has 0 radical (unpaired) electrons. The molecule has 2 N–H and O–H groups in total. The highest BCUT2D eigenvalue weighted by Gasteiger charge is 2.24. The van der Waals surface area contributed by atoms with Gasteiger partial charge in [-0.05, 0) is 45.1 Å². The Labute approximate surface area is 109 Å². The van der Waals surface area contributed by atoms with Gasteiger partial charge in [0, 0.05) is 13.2 Å². The normalized spacial score (nSPS) is 32.9. The van der Waals surface area contributed by atoms with Crippen LogP contribution in [-0.4, -0.2) is 37.7 Å². The quantitative estimate of drug-likeness (QED) is 0.801. The van der Waals surface area contributed by atoms with Crippen LogP contribution in [0, 0.1) is 5.92 Å². The van der Waals surface area contributed by atoms with E-state index in [9.17, 15) is 4.79 Å². The zero-order valence-electron chi connectivity index (χ0n) is 10.4. The third-order valence-electron chi connectivity index (χ3n) is 3.54. The van der Waals surface area contributed by atoms with Crippen molar-refractivity contribution in [2.24, 2.45) is 5.92 Å². The molecule has 2 rings (SSSR count). The largest absolute Gasteiger partial charge is 0.378 e. The first-order valence-corrected chi connectivity index (χ1v) is 6.38. The standard InChI is InChI=1S/C12H22N2O2.ClH/c1-9-7-10(4-6-16-9)8-14-12(15)11-3-2-5-13-11;/h9-11,13H,2-8H2,1H3,(H,14,15);1H. The molecule has 0 aliphatic carbocycles. The molecule has 100 valence electrons. The molecule has 4 nitrogen and oxygen atoms in total. The molecule has 0 spiro atoms. The van der Waals surface area contributed by atoms with Gasteiger partial charge in [-0.25, -0.2) is 0 Å². The lowest BCUT2D eigenvalue weighted by molar-refractivity contribution is -0.123. The first-order chi connectivity index (χ1) is 7.75. The van der Waals surface area contributed by atoms with Gasteiger partial charge < -0.3 is 15.4 Å². The molecule has 0 aromatic carbocycles. The number of ether oxygens (including phenoxy) is 1. The summed E-state index contributed by atoms with van der Waals surface area (Å²) in [4.78, 5) is 11.8. The Balaban J connectivity index is 0.00000144. The minimum Gasteiger partial charge on any atom is -0.378 e. The van der Waals surface area contributed by atoms with E-state index in [1.165, 1.54) is 0 Å². The van der Waals surface area contributed by atoms with E-state index in [4.69, 9.17) is 4.74 Å². The molecular formula is C12H23ClN2O2. The number of hydrogen-bond donors (Lipinski definition) is 2. The van der Waals surface area contributed by atoms with E-state index in [0.717, 1.165) is 45.4 Å². The smallest absolute Gasteiger partial charge is 0.237 e. The molecule has 0 aromatic heterocycles. The van der Waals surface area contributed by atoms with Crippen molar-refractivity contribution in [2.75, 3.05) is 19.7 Å². The molecule has 0 bridgehead atoms. The predicted molar refractivity (Wildman–Crippen MR) is 69.4 cm³/mol. The summed E-state index contributed by atoms with van der Waals surface area (Å²) in [5.74, 6) is 0.769. The molecule has 0 aromatic rings. The summed E-state index contributed by atoms with van der Waals surface area (Å²) in [6.07, 6.45) is 4.59. The van der Waals surface area contributed by atoms with Crippen molar-refractivity contribution in [3.05, 3.63) is 0 Å². The van der Waals surface area contributed by atoms with E-state index >= 15 is 0 Å². The molecule has 0 saturated carbocycles. The maximum Gasteiger partial charge on any atom is 0.237 e. The maximum atomic E-state index is 11.8. The number of rotatable bonds is 3. The summed E-state index contributed by atoms with van der Waals surface area (Å²) >= 11 is 0. The Kier molecular flexibility index (Phi) is 6.23. The zero-order valence-corrected chi connectivity index (χ0v) is 11.2. The van der Waals surface area contributed by atoms with E-state index in [1.807, 2.05) is 0 Å². The highest BCUT2D eigenvalue weighted by atomic mass is 35.5. The van der Waals surface area contributed by atoms with Gasteiger partial charge in [0.05, 0.1) is 12.1 Å². The third-order valence-corrected chi connectivity index (χ3v) is 3.54. The van der Waals surface area contributed by atoms with Crippen LogP contribution in [0.15, 0.2) is 0 Å². The van der Waals surface area contributed by atoms with Gasteiger partial charge in [-0.2, -0.15) is 0 Å². The first kappa shape index (κ1) is 14.7. The number of halogens is 1. The Morgan fingerprint density at radius 1 is 1.47 bits per heavy atom. The van der Waals surface area contributed by atoms with Crippen molar-refractivity contribution >= 4 is 18.3 Å². The lowest BCUT2D eigenvalue weighted by Gasteiger charge is -2.27. The second-order valence-corrected chi connectivity index (χ2v) is 4.97. The average Bonchev–Trinajstić information content (AvgIpc) is 2.79. The Morgan fingerprint density at radius 3 is 2.94 bits per heavy atom. The minimum atomic E-state index is 0. The van der Waals surface area contributed by atoms with E-state index in [0.29, 0.717) is 12.0 Å². The number of hydrogen-bond acceptors (Lipinski definition) is 3. The molecular weight excluding hydrogens is 240 g/mol. The summed E-state index contributed by atoms with van der Waals surface area (Å²) in [5.41, 5.74) is 0. The van der Waals surface area contributed by atoms with Gasteiger partial charge in [0.2, 0.25) is 5.91 Å². The molecule has 2 aliphatic heterocycles. The van der Waals surface area contributed by atoms with E-state index in [-0.39, 0.29) is 24.4 Å². The fourth-order valence-corrected chi connectivity index (χ4v) is 2.55. The van der Waals surface area contributed by atoms with Crippen LogP contribution in [0.2, 0.25) is 0 Å². The fourth-order valence-electron chi connectivity index (χ4n) is 2.55. The topological polar surface area (TPSA) is 50.4 Å². The van der Waals surface area contributed by atoms with Gasteiger partial charge in [0.1, 0.15) is 0 Å². The van der Waals surface area contributed by atoms with Crippen LogP contribution in [0.3, 0.4) is 0 Å². The second kappa shape index (κ2) is 7.19. The van der Waals surface area contributed by atoms with Crippen LogP contribution in [0.25, 0.3) is 0 Å². The first-order valence-electron chi connectivity index (χ1n) is 6.38. The Morgan fingerprint density at radius 2 is 2.29 bits per heavy atom. The molecule has 2 fully saturated rings. The third kappa shape index (κ3) is 4.45. The SMILES string of the molecule is CC1CC(CNC(=O)C2CCCN2)CCO1.Cl. The molecule has 2 saturated heterocycles. The van der Waals surface area contributed by atoms with Gasteiger partial charge in [-0.3, -0.25) is 4.79 Å². The van der Waals surface area contributed by atoms with Gasteiger partial charge in [0.15, 0.2) is 0 Å². The Bertz CT molecular complexity index is 245. The molecule has 5 heteroatoms. The number of nitrogens with one attached hydrogen (secondary N) is 2. The zero-order chi connectivity index (χ0) is 11.4. The van der Waals surface area contributed by atoms with Gasteiger partial charge in [-0.15, -0.1) is 12.4 Å². The molecule has 17 heavy (non-hydrogen) atoms. The molecule has 1 amide bonds. The van der Waals surface area contributed by atoms with Gasteiger partial charge in [0.25, 0.3) is 0 Å². The number of carbonyl (C=O) groups is 1. The van der Waals surface area contributed by atoms with Crippen LogP contribution >= 0.6 is 12.4 Å². The van der Waals surface area contributed by atoms with Crippen molar-refractivity contribution in [2.45, 2.75) is 44.8 Å². The lowest BCUT2D eigenvalue weighted by Crippen LogP contribution is -2.43. The highest BCUT2D eigenvalue weighted by molar-refractivity contribution is 5.85. The van der Waals surface area contributed by atoms with E-state index < -0.39 is 0 Å². The van der Waals surface area contributed by atoms with Crippen LogP contribution in [0.5, 0.6) is 0 Å². The fraction of sp³-hybridized carbons (Fsp3) is 0.917. The van der Waals surface area contributed by atoms with Crippen molar-refractivity contribution in [3.63, 3.8) is 0 Å². The summed E-state index contributed by atoms with van der Waals surface area (Å²) in [6.45, 7) is 4.73. The minimum absolute atomic E-state index is 0. The highest BCUT2D eigenvalue weighted by Crippen LogP contribution is 2.19. The monoisotopic (exact) mass is 262 g/mol. The Hall–Kier alpha value is -0.320. The van der Waals surface area contributed by atoms with Crippen molar-refractivity contribution in [1.82, 2.24) is 10.6 Å². The summed E-state index contributed by atoms with van der Waals surface area (Å²) in [5, 5.41) is 6.27. The van der Waals surface area contributed by atoms with Crippen molar-refractivity contribution < 1.29 is 9.53 Å². The van der Waals surface area contributed by atoms with Crippen LogP contribution in [-0.2, 0) is 9.53 Å².